The molecular formula is C14H11ClFNO. The van der Waals surface area contributed by atoms with Crippen molar-refractivity contribution in [3.8, 4) is 0 Å². The Kier molecular flexibility index (Phi) is 3.95. The Morgan fingerprint density at radius 2 is 1.89 bits per heavy atom. The second-order valence-electron chi connectivity index (χ2n) is 3.86. The summed E-state index contributed by atoms with van der Waals surface area (Å²) in [6.45, 7) is 0. The molecule has 0 unspecified atom stereocenters. The SMILES string of the molecule is O=C(Cc1cccc(F)c1)Nc1ccc(Cl)cc1. The van der Waals surface area contributed by atoms with E-state index in [1.807, 2.05) is 0 Å². The summed E-state index contributed by atoms with van der Waals surface area (Å²) in [4.78, 5) is 11.7. The van der Waals surface area contributed by atoms with E-state index in [4.69, 9.17) is 11.6 Å². The standard InChI is InChI=1S/C14H11ClFNO/c15-11-4-6-13(7-5-11)17-14(18)9-10-2-1-3-12(16)8-10/h1-8H,9H2,(H,17,18). The summed E-state index contributed by atoms with van der Waals surface area (Å²) in [5, 5.41) is 3.33. The summed E-state index contributed by atoms with van der Waals surface area (Å²) in [5.41, 5.74) is 1.31. The van der Waals surface area contributed by atoms with Gasteiger partial charge in [-0.05, 0) is 42.0 Å². The van der Waals surface area contributed by atoms with Crippen LogP contribution in [0.15, 0.2) is 48.5 Å². The molecule has 0 aliphatic carbocycles. The predicted octanol–water partition coefficient (Wildman–Crippen LogP) is 3.66. The van der Waals surface area contributed by atoms with Crippen LogP contribution < -0.4 is 5.32 Å². The van der Waals surface area contributed by atoms with Crippen LogP contribution in [0.2, 0.25) is 5.02 Å². The molecule has 1 amide bonds. The third-order valence-electron chi connectivity index (χ3n) is 2.38. The molecule has 0 aliphatic heterocycles. The maximum absolute atomic E-state index is 12.9. The minimum Gasteiger partial charge on any atom is -0.326 e. The second-order valence-corrected chi connectivity index (χ2v) is 4.30. The molecule has 0 saturated carbocycles. The van der Waals surface area contributed by atoms with Crippen LogP contribution in [0.1, 0.15) is 5.56 Å². The molecule has 0 fully saturated rings. The van der Waals surface area contributed by atoms with Gasteiger partial charge in [0.05, 0.1) is 6.42 Å². The number of rotatable bonds is 3. The first kappa shape index (κ1) is 12.6. The molecule has 2 aromatic carbocycles. The Hall–Kier alpha value is -1.87. The van der Waals surface area contributed by atoms with Crippen LogP contribution in [0, 0.1) is 5.82 Å². The van der Waals surface area contributed by atoms with Crippen LogP contribution in [-0.2, 0) is 11.2 Å². The van der Waals surface area contributed by atoms with Gasteiger partial charge in [-0.2, -0.15) is 0 Å². The Balaban J connectivity index is 1.98. The van der Waals surface area contributed by atoms with Crippen molar-refractivity contribution in [1.82, 2.24) is 0 Å². The van der Waals surface area contributed by atoms with Crippen molar-refractivity contribution in [3.63, 3.8) is 0 Å². The molecule has 2 aromatic rings. The first-order valence-electron chi connectivity index (χ1n) is 5.43. The van der Waals surface area contributed by atoms with Gasteiger partial charge in [0.2, 0.25) is 5.91 Å². The third kappa shape index (κ3) is 3.57. The van der Waals surface area contributed by atoms with Crippen molar-refractivity contribution in [1.29, 1.82) is 0 Å². The lowest BCUT2D eigenvalue weighted by atomic mass is 10.1. The number of amides is 1. The number of hydrogen-bond donors (Lipinski definition) is 1. The third-order valence-corrected chi connectivity index (χ3v) is 2.63. The van der Waals surface area contributed by atoms with Crippen molar-refractivity contribution < 1.29 is 9.18 Å². The van der Waals surface area contributed by atoms with Gasteiger partial charge in [-0.15, -0.1) is 0 Å². The monoisotopic (exact) mass is 263 g/mol. The molecule has 0 aliphatic rings. The molecule has 1 N–H and O–H groups in total. The van der Waals surface area contributed by atoms with Gasteiger partial charge in [0.15, 0.2) is 0 Å². The fourth-order valence-electron chi connectivity index (χ4n) is 1.57. The van der Waals surface area contributed by atoms with Crippen molar-refractivity contribution in [2.24, 2.45) is 0 Å². The molecule has 0 spiro atoms. The van der Waals surface area contributed by atoms with E-state index < -0.39 is 0 Å². The molecule has 0 atom stereocenters. The Morgan fingerprint density at radius 1 is 1.17 bits per heavy atom. The van der Waals surface area contributed by atoms with Crippen molar-refractivity contribution in [3.05, 3.63) is 64.9 Å². The highest BCUT2D eigenvalue weighted by molar-refractivity contribution is 6.30. The molecule has 0 heterocycles. The zero-order chi connectivity index (χ0) is 13.0. The van der Waals surface area contributed by atoms with E-state index in [2.05, 4.69) is 5.32 Å². The van der Waals surface area contributed by atoms with Gasteiger partial charge < -0.3 is 5.32 Å². The quantitative estimate of drug-likeness (QED) is 0.900. The fourth-order valence-corrected chi connectivity index (χ4v) is 1.70. The summed E-state index contributed by atoms with van der Waals surface area (Å²) in [7, 11) is 0. The maximum atomic E-state index is 12.9. The molecule has 4 heteroatoms. The van der Waals surface area contributed by atoms with Crippen molar-refractivity contribution in [2.75, 3.05) is 5.32 Å². The highest BCUT2D eigenvalue weighted by Crippen LogP contribution is 2.14. The lowest BCUT2D eigenvalue weighted by Crippen LogP contribution is -2.14. The second kappa shape index (κ2) is 5.65. The minimum atomic E-state index is -0.341. The van der Waals surface area contributed by atoms with E-state index >= 15 is 0 Å². The van der Waals surface area contributed by atoms with E-state index in [0.717, 1.165) is 0 Å². The number of benzene rings is 2. The smallest absolute Gasteiger partial charge is 0.228 e. The molecule has 0 bridgehead atoms. The highest BCUT2D eigenvalue weighted by atomic mass is 35.5. The van der Waals surface area contributed by atoms with Crippen LogP contribution in [-0.4, -0.2) is 5.91 Å². The lowest BCUT2D eigenvalue weighted by Gasteiger charge is -2.05. The van der Waals surface area contributed by atoms with Crippen LogP contribution in [0.5, 0.6) is 0 Å². The highest BCUT2D eigenvalue weighted by Gasteiger charge is 2.04. The first-order chi connectivity index (χ1) is 8.63. The first-order valence-corrected chi connectivity index (χ1v) is 5.81. The van der Waals surface area contributed by atoms with Gasteiger partial charge in [-0.3, -0.25) is 4.79 Å². The Bertz CT molecular complexity index is 554. The molecule has 0 aromatic heterocycles. The molecule has 2 rings (SSSR count). The molecule has 0 radical (unpaired) electrons. The van der Waals surface area contributed by atoms with E-state index in [0.29, 0.717) is 16.3 Å². The number of halogens is 2. The van der Waals surface area contributed by atoms with E-state index in [9.17, 15) is 9.18 Å². The summed E-state index contributed by atoms with van der Waals surface area (Å²) >= 11 is 5.74. The number of anilines is 1. The summed E-state index contributed by atoms with van der Waals surface area (Å²) < 4.78 is 12.9. The van der Waals surface area contributed by atoms with Gasteiger partial charge in [0, 0.05) is 10.7 Å². The average Bonchev–Trinajstić information content (AvgIpc) is 2.32. The van der Waals surface area contributed by atoms with Crippen LogP contribution in [0.4, 0.5) is 10.1 Å². The van der Waals surface area contributed by atoms with Gasteiger partial charge in [-0.1, -0.05) is 23.7 Å². The Labute approximate surface area is 109 Å². The topological polar surface area (TPSA) is 29.1 Å². The van der Waals surface area contributed by atoms with Gasteiger partial charge >= 0.3 is 0 Å². The van der Waals surface area contributed by atoms with E-state index in [-0.39, 0.29) is 18.1 Å². The van der Waals surface area contributed by atoms with E-state index in [1.165, 1.54) is 12.1 Å². The van der Waals surface area contributed by atoms with Crippen LogP contribution in [0.3, 0.4) is 0 Å². The average molecular weight is 264 g/mol. The van der Waals surface area contributed by atoms with Crippen LogP contribution in [0.25, 0.3) is 0 Å². The zero-order valence-corrected chi connectivity index (χ0v) is 10.2. The van der Waals surface area contributed by atoms with Gasteiger partial charge in [-0.25, -0.2) is 4.39 Å². The van der Waals surface area contributed by atoms with Gasteiger partial charge in [0.25, 0.3) is 0 Å². The molecule has 18 heavy (non-hydrogen) atoms. The number of nitrogens with one attached hydrogen (secondary N) is 1. The largest absolute Gasteiger partial charge is 0.326 e. The molecular weight excluding hydrogens is 253 g/mol. The summed E-state index contributed by atoms with van der Waals surface area (Å²) in [6.07, 6.45) is 0.139. The zero-order valence-electron chi connectivity index (χ0n) is 9.49. The van der Waals surface area contributed by atoms with Crippen LogP contribution >= 0.6 is 11.6 Å². The number of carbonyl (C=O) groups excluding carboxylic acids is 1. The van der Waals surface area contributed by atoms with Gasteiger partial charge in [0.1, 0.15) is 5.82 Å². The number of hydrogen-bond acceptors (Lipinski definition) is 1. The van der Waals surface area contributed by atoms with E-state index in [1.54, 1.807) is 36.4 Å². The Morgan fingerprint density at radius 3 is 2.56 bits per heavy atom. The molecule has 0 saturated heterocycles. The maximum Gasteiger partial charge on any atom is 0.228 e. The summed E-state index contributed by atoms with van der Waals surface area (Å²) in [5.74, 6) is -0.533. The normalized spacial score (nSPS) is 10.1. The lowest BCUT2D eigenvalue weighted by molar-refractivity contribution is -0.115. The summed E-state index contributed by atoms with van der Waals surface area (Å²) in [6, 6.07) is 12.8. The van der Waals surface area contributed by atoms with Crippen molar-refractivity contribution >= 4 is 23.2 Å². The molecule has 92 valence electrons. The fraction of sp³-hybridized carbons (Fsp3) is 0.0714. The molecule has 2 nitrogen and oxygen atoms in total. The number of carbonyl (C=O) groups is 1. The minimum absolute atomic E-state index is 0.139. The van der Waals surface area contributed by atoms with Crippen molar-refractivity contribution in [2.45, 2.75) is 6.42 Å². The predicted molar refractivity (Wildman–Crippen MR) is 70.2 cm³/mol.